The summed E-state index contributed by atoms with van der Waals surface area (Å²) in [5.74, 6) is -0.753. The monoisotopic (exact) mass is 318 g/mol. The lowest BCUT2D eigenvalue weighted by atomic mass is 10.2. The molecule has 0 aliphatic carbocycles. The SMILES string of the molecule is Cc1cc(NC(=O)Cn2cc(C(=O)O)nn2)ccc1OC(C)C. The third kappa shape index (κ3) is 4.53. The fourth-order valence-electron chi connectivity index (χ4n) is 1.93. The number of anilines is 1. The Morgan fingerprint density at radius 3 is 2.70 bits per heavy atom. The van der Waals surface area contributed by atoms with Gasteiger partial charge in [0, 0.05) is 5.69 Å². The average Bonchev–Trinajstić information content (AvgIpc) is 2.90. The highest BCUT2D eigenvalue weighted by molar-refractivity contribution is 5.91. The minimum Gasteiger partial charge on any atom is -0.491 e. The summed E-state index contributed by atoms with van der Waals surface area (Å²) in [6.07, 6.45) is 1.28. The number of hydrogen-bond donors (Lipinski definition) is 2. The van der Waals surface area contributed by atoms with Gasteiger partial charge in [-0.05, 0) is 44.5 Å². The molecule has 1 aromatic carbocycles. The number of aryl methyl sites for hydroxylation is 1. The summed E-state index contributed by atoms with van der Waals surface area (Å²) in [6, 6.07) is 5.34. The quantitative estimate of drug-likeness (QED) is 0.840. The van der Waals surface area contributed by atoms with Crippen LogP contribution in [0.4, 0.5) is 5.69 Å². The van der Waals surface area contributed by atoms with Crippen molar-refractivity contribution in [3.63, 3.8) is 0 Å². The van der Waals surface area contributed by atoms with E-state index in [1.807, 2.05) is 20.8 Å². The molecule has 0 saturated heterocycles. The molecule has 2 aromatic rings. The van der Waals surface area contributed by atoms with E-state index in [0.717, 1.165) is 11.3 Å². The maximum atomic E-state index is 12.0. The summed E-state index contributed by atoms with van der Waals surface area (Å²) < 4.78 is 6.80. The lowest BCUT2D eigenvalue weighted by Crippen LogP contribution is -2.19. The molecular weight excluding hydrogens is 300 g/mol. The lowest BCUT2D eigenvalue weighted by molar-refractivity contribution is -0.116. The van der Waals surface area contributed by atoms with Crippen LogP contribution in [0.25, 0.3) is 0 Å². The van der Waals surface area contributed by atoms with Gasteiger partial charge in [0.2, 0.25) is 5.91 Å². The van der Waals surface area contributed by atoms with Crippen LogP contribution in [0.3, 0.4) is 0 Å². The Hall–Kier alpha value is -2.90. The van der Waals surface area contributed by atoms with E-state index in [2.05, 4.69) is 15.6 Å². The number of hydrogen-bond acceptors (Lipinski definition) is 5. The van der Waals surface area contributed by atoms with Crippen molar-refractivity contribution < 1.29 is 19.4 Å². The number of carboxylic acids is 1. The number of aromatic nitrogens is 3. The molecule has 0 unspecified atom stereocenters. The zero-order valence-electron chi connectivity index (χ0n) is 13.1. The largest absolute Gasteiger partial charge is 0.491 e. The zero-order valence-corrected chi connectivity index (χ0v) is 13.1. The summed E-state index contributed by atoms with van der Waals surface area (Å²) >= 11 is 0. The first kappa shape index (κ1) is 16.5. The van der Waals surface area contributed by atoms with Crippen LogP contribution >= 0.6 is 0 Å². The molecule has 0 radical (unpaired) electrons. The molecule has 2 N–H and O–H groups in total. The molecule has 8 heteroatoms. The third-order valence-electron chi connectivity index (χ3n) is 2.88. The number of amides is 1. The Morgan fingerprint density at radius 1 is 1.39 bits per heavy atom. The average molecular weight is 318 g/mol. The number of aromatic carboxylic acids is 1. The van der Waals surface area contributed by atoms with E-state index in [-0.39, 0.29) is 24.2 Å². The minimum atomic E-state index is -1.19. The second-order valence-corrected chi connectivity index (χ2v) is 5.30. The van der Waals surface area contributed by atoms with Crippen LogP contribution in [-0.2, 0) is 11.3 Å². The number of nitrogens with zero attached hydrogens (tertiary/aromatic N) is 3. The van der Waals surface area contributed by atoms with Crippen molar-refractivity contribution in [1.29, 1.82) is 0 Å². The number of carbonyl (C=O) groups excluding carboxylic acids is 1. The first-order valence-electron chi connectivity index (χ1n) is 7.05. The number of ether oxygens (including phenoxy) is 1. The molecule has 0 saturated carbocycles. The zero-order chi connectivity index (χ0) is 17.0. The fraction of sp³-hybridized carbons (Fsp3) is 0.333. The Kier molecular flexibility index (Phi) is 4.95. The standard InChI is InChI=1S/C15H18N4O4/c1-9(2)23-13-5-4-11(6-10(13)3)16-14(20)8-19-7-12(15(21)22)17-18-19/h4-7,9H,8H2,1-3H3,(H,16,20)(H,21,22). The second-order valence-electron chi connectivity index (χ2n) is 5.30. The highest BCUT2D eigenvalue weighted by Gasteiger charge is 2.11. The van der Waals surface area contributed by atoms with Crippen LogP contribution in [0, 0.1) is 6.92 Å². The lowest BCUT2D eigenvalue weighted by Gasteiger charge is -2.13. The maximum absolute atomic E-state index is 12.0. The minimum absolute atomic E-state index is 0.0740. The molecule has 8 nitrogen and oxygen atoms in total. The molecule has 1 aromatic heterocycles. The summed E-state index contributed by atoms with van der Waals surface area (Å²) in [7, 11) is 0. The highest BCUT2D eigenvalue weighted by atomic mass is 16.5. The van der Waals surface area contributed by atoms with Crippen LogP contribution < -0.4 is 10.1 Å². The smallest absolute Gasteiger partial charge is 0.358 e. The Morgan fingerprint density at radius 2 is 2.13 bits per heavy atom. The number of carboxylic acid groups (broad SMARTS) is 1. The number of carbonyl (C=O) groups is 2. The van der Waals surface area contributed by atoms with Crippen molar-refractivity contribution in [2.24, 2.45) is 0 Å². The summed E-state index contributed by atoms with van der Waals surface area (Å²) in [5, 5.41) is 18.5. The van der Waals surface area contributed by atoms with Crippen molar-refractivity contribution in [3.8, 4) is 5.75 Å². The summed E-state index contributed by atoms with van der Waals surface area (Å²) in [6.45, 7) is 5.66. The molecule has 0 fully saturated rings. The van der Waals surface area contributed by atoms with Crippen molar-refractivity contribution in [2.45, 2.75) is 33.4 Å². The van der Waals surface area contributed by atoms with Crippen LogP contribution in [-0.4, -0.2) is 38.1 Å². The summed E-state index contributed by atoms with van der Waals surface area (Å²) in [5.41, 5.74) is 1.33. The van der Waals surface area contributed by atoms with Crippen LogP contribution in [0.5, 0.6) is 5.75 Å². The van der Waals surface area contributed by atoms with E-state index >= 15 is 0 Å². The van der Waals surface area contributed by atoms with Gasteiger partial charge < -0.3 is 15.2 Å². The fourth-order valence-corrected chi connectivity index (χ4v) is 1.93. The predicted octanol–water partition coefficient (Wildman–Crippen LogP) is 1.71. The molecule has 0 spiro atoms. The van der Waals surface area contributed by atoms with Gasteiger partial charge >= 0.3 is 5.97 Å². The van der Waals surface area contributed by atoms with E-state index in [4.69, 9.17) is 9.84 Å². The molecule has 0 bridgehead atoms. The number of nitrogens with one attached hydrogen (secondary N) is 1. The van der Waals surface area contributed by atoms with E-state index in [1.54, 1.807) is 18.2 Å². The molecule has 0 aliphatic heterocycles. The van der Waals surface area contributed by atoms with E-state index < -0.39 is 5.97 Å². The molecule has 2 rings (SSSR count). The highest BCUT2D eigenvalue weighted by Crippen LogP contribution is 2.22. The van der Waals surface area contributed by atoms with Crippen molar-refractivity contribution in [1.82, 2.24) is 15.0 Å². The normalized spacial score (nSPS) is 10.6. The molecule has 0 aliphatic rings. The van der Waals surface area contributed by atoms with Crippen LogP contribution in [0.2, 0.25) is 0 Å². The van der Waals surface area contributed by atoms with E-state index in [9.17, 15) is 9.59 Å². The first-order chi connectivity index (χ1) is 10.8. The van der Waals surface area contributed by atoms with Gasteiger partial charge in [-0.3, -0.25) is 4.79 Å². The molecule has 122 valence electrons. The van der Waals surface area contributed by atoms with E-state index in [1.165, 1.54) is 10.9 Å². The summed E-state index contributed by atoms with van der Waals surface area (Å²) in [4.78, 5) is 22.7. The van der Waals surface area contributed by atoms with Crippen molar-refractivity contribution in [3.05, 3.63) is 35.7 Å². The number of benzene rings is 1. The van der Waals surface area contributed by atoms with Gasteiger partial charge in [-0.25, -0.2) is 9.48 Å². The molecule has 23 heavy (non-hydrogen) atoms. The van der Waals surface area contributed by atoms with Gasteiger partial charge in [-0.2, -0.15) is 0 Å². The van der Waals surface area contributed by atoms with Crippen LogP contribution in [0.1, 0.15) is 29.9 Å². The molecule has 1 heterocycles. The predicted molar refractivity (Wildman–Crippen MR) is 82.6 cm³/mol. The van der Waals surface area contributed by atoms with Gasteiger partial charge in [-0.15, -0.1) is 5.10 Å². The maximum Gasteiger partial charge on any atom is 0.358 e. The van der Waals surface area contributed by atoms with Gasteiger partial charge in [0.25, 0.3) is 0 Å². The Balaban J connectivity index is 1.99. The topological polar surface area (TPSA) is 106 Å². The first-order valence-corrected chi connectivity index (χ1v) is 7.05. The third-order valence-corrected chi connectivity index (χ3v) is 2.88. The Labute approximate surface area is 133 Å². The number of rotatable bonds is 6. The molecular formula is C15H18N4O4. The van der Waals surface area contributed by atoms with Crippen molar-refractivity contribution >= 4 is 17.6 Å². The molecule has 0 atom stereocenters. The van der Waals surface area contributed by atoms with Crippen LogP contribution in [0.15, 0.2) is 24.4 Å². The van der Waals surface area contributed by atoms with Gasteiger partial charge in [-0.1, -0.05) is 5.21 Å². The van der Waals surface area contributed by atoms with Gasteiger partial charge in [0.1, 0.15) is 12.3 Å². The van der Waals surface area contributed by atoms with Gasteiger partial charge in [0.05, 0.1) is 12.3 Å². The molecule has 1 amide bonds. The second kappa shape index (κ2) is 6.91. The van der Waals surface area contributed by atoms with Crippen molar-refractivity contribution in [2.75, 3.05) is 5.32 Å². The van der Waals surface area contributed by atoms with Gasteiger partial charge in [0.15, 0.2) is 5.69 Å². The van der Waals surface area contributed by atoms with E-state index in [0.29, 0.717) is 5.69 Å². The Bertz CT molecular complexity index is 724.